The van der Waals surface area contributed by atoms with E-state index in [1.54, 1.807) is 25.2 Å². The molecule has 1 aliphatic heterocycles. The molecule has 2 aromatic carbocycles. The highest BCUT2D eigenvalue weighted by Crippen LogP contribution is 2.34. The highest BCUT2D eigenvalue weighted by Gasteiger charge is 2.20. The average Bonchev–Trinajstić information content (AvgIpc) is 3.32. The maximum atomic E-state index is 13.0. The van der Waals surface area contributed by atoms with Crippen molar-refractivity contribution in [2.75, 3.05) is 17.9 Å². The van der Waals surface area contributed by atoms with E-state index in [2.05, 4.69) is 15.3 Å². The number of aryl methyl sites for hydroxylation is 2. The maximum absolute atomic E-state index is 13.0. The summed E-state index contributed by atoms with van der Waals surface area (Å²) in [5, 5.41) is 3.32. The number of hydrogen-bond donors (Lipinski definition) is 1. The van der Waals surface area contributed by atoms with E-state index in [-0.39, 0.29) is 29.5 Å². The van der Waals surface area contributed by atoms with Crippen LogP contribution < -0.4 is 26.0 Å². The topological polar surface area (TPSA) is 117 Å². The Bertz CT molecular complexity index is 1610. The first-order valence-corrected chi connectivity index (χ1v) is 11.7. The Morgan fingerprint density at radius 2 is 1.86 bits per heavy atom. The van der Waals surface area contributed by atoms with E-state index in [1.807, 2.05) is 31.2 Å². The third kappa shape index (κ3) is 4.26. The molecule has 5 rings (SSSR count). The van der Waals surface area contributed by atoms with E-state index in [9.17, 15) is 14.4 Å². The van der Waals surface area contributed by atoms with Crippen molar-refractivity contribution in [3.63, 3.8) is 0 Å². The Balaban J connectivity index is 1.51. The number of aromatic nitrogens is 4. The Labute approximate surface area is 203 Å². The van der Waals surface area contributed by atoms with Gasteiger partial charge < -0.3 is 14.8 Å². The predicted molar refractivity (Wildman–Crippen MR) is 132 cm³/mol. The van der Waals surface area contributed by atoms with E-state index in [0.29, 0.717) is 28.0 Å². The van der Waals surface area contributed by atoms with Crippen LogP contribution in [0.2, 0.25) is 0 Å². The van der Waals surface area contributed by atoms with Crippen molar-refractivity contribution in [3.05, 3.63) is 68.9 Å². The number of carbonyl (C=O) groups excluding carboxylic acids is 1. The third-order valence-corrected chi connectivity index (χ3v) is 6.51. The lowest BCUT2D eigenvalue weighted by molar-refractivity contribution is -0.113. The minimum Gasteiger partial charge on any atom is -0.454 e. The molecule has 0 fully saturated rings. The Hall–Kier alpha value is -4.12. The fourth-order valence-electron chi connectivity index (χ4n) is 3.75. The van der Waals surface area contributed by atoms with Gasteiger partial charge in [0.05, 0.1) is 5.75 Å². The predicted octanol–water partition coefficient (Wildman–Crippen LogP) is 2.46. The first-order valence-electron chi connectivity index (χ1n) is 10.7. The van der Waals surface area contributed by atoms with Gasteiger partial charge in [-0.3, -0.25) is 18.7 Å². The SMILES string of the molecule is Cc1cccc(-c2nc(SCC(=O)Nc3ccc4c(c3)OCO4)c3c(=O)n(C)c(=O)n(C)c3n2)c1. The molecular weight excluding hydrogens is 470 g/mol. The van der Waals surface area contributed by atoms with Crippen LogP contribution in [0, 0.1) is 6.92 Å². The molecule has 0 atom stereocenters. The minimum absolute atomic E-state index is 0.0141. The lowest BCUT2D eigenvalue weighted by Crippen LogP contribution is -2.37. The van der Waals surface area contributed by atoms with Gasteiger partial charge in [-0.15, -0.1) is 0 Å². The summed E-state index contributed by atoms with van der Waals surface area (Å²) in [4.78, 5) is 47.4. The van der Waals surface area contributed by atoms with Crippen molar-refractivity contribution >= 4 is 34.4 Å². The van der Waals surface area contributed by atoms with E-state index < -0.39 is 11.2 Å². The summed E-state index contributed by atoms with van der Waals surface area (Å²) in [7, 11) is 2.96. The number of nitrogens with zero attached hydrogens (tertiary/aromatic N) is 4. The van der Waals surface area contributed by atoms with E-state index in [1.165, 1.54) is 11.6 Å². The molecule has 35 heavy (non-hydrogen) atoms. The van der Waals surface area contributed by atoms with Gasteiger partial charge in [0.15, 0.2) is 23.0 Å². The summed E-state index contributed by atoms with van der Waals surface area (Å²) in [5.41, 5.74) is 1.52. The Morgan fingerprint density at radius 1 is 1.06 bits per heavy atom. The zero-order valence-corrected chi connectivity index (χ0v) is 20.0. The molecular formula is C24H21N5O5S. The highest BCUT2D eigenvalue weighted by atomic mass is 32.2. The van der Waals surface area contributed by atoms with Gasteiger partial charge in [-0.05, 0) is 25.1 Å². The molecule has 0 saturated heterocycles. The van der Waals surface area contributed by atoms with Gasteiger partial charge in [0, 0.05) is 31.4 Å². The van der Waals surface area contributed by atoms with Gasteiger partial charge in [-0.1, -0.05) is 35.5 Å². The van der Waals surface area contributed by atoms with Gasteiger partial charge in [0.2, 0.25) is 12.7 Å². The highest BCUT2D eigenvalue weighted by molar-refractivity contribution is 8.00. The largest absolute Gasteiger partial charge is 0.454 e. The van der Waals surface area contributed by atoms with Crippen LogP contribution in [0.5, 0.6) is 11.5 Å². The van der Waals surface area contributed by atoms with Crippen LogP contribution in [-0.2, 0) is 18.9 Å². The van der Waals surface area contributed by atoms with Crippen LogP contribution in [0.1, 0.15) is 5.56 Å². The summed E-state index contributed by atoms with van der Waals surface area (Å²) in [5.74, 6) is 1.24. The molecule has 1 N–H and O–H groups in total. The summed E-state index contributed by atoms with van der Waals surface area (Å²) in [6, 6.07) is 12.7. The van der Waals surface area contributed by atoms with Crippen LogP contribution in [0.25, 0.3) is 22.4 Å². The number of benzene rings is 2. The second-order valence-electron chi connectivity index (χ2n) is 8.03. The number of ether oxygens (including phenoxy) is 2. The van der Waals surface area contributed by atoms with Crippen molar-refractivity contribution < 1.29 is 14.3 Å². The second-order valence-corrected chi connectivity index (χ2v) is 9.00. The van der Waals surface area contributed by atoms with Crippen LogP contribution in [0.3, 0.4) is 0 Å². The van der Waals surface area contributed by atoms with E-state index in [4.69, 9.17) is 9.47 Å². The van der Waals surface area contributed by atoms with Crippen molar-refractivity contribution in [2.24, 2.45) is 14.1 Å². The fourth-order valence-corrected chi connectivity index (χ4v) is 4.57. The summed E-state index contributed by atoms with van der Waals surface area (Å²) >= 11 is 1.11. The first kappa shape index (κ1) is 22.7. The zero-order chi connectivity index (χ0) is 24.7. The second kappa shape index (κ2) is 8.91. The van der Waals surface area contributed by atoms with Crippen molar-refractivity contribution in [2.45, 2.75) is 11.9 Å². The number of nitrogens with one attached hydrogen (secondary N) is 1. The fraction of sp³-hybridized carbons (Fsp3) is 0.208. The quantitative estimate of drug-likeness (QED) is 0.334. The molecule has 0 saturated carbocycles. The van der Waals surface area contributed by atoms with Gasteiger partial charge in [-0.2, -0.15) is 0 Å². The normalized spacial score (nSPS) is 12.2. The Kier molecular flexibility index (Phi) is 5.77. The molecule has 0 radical (unpaired) electrons. The lowest BCUT2D eigenvalue weighted by atomic mass is 10.1. The van der Waals surface area contributed by atoms with Crippen LogP contribution in [0.15, 0.2) is 57.1 Å². The lowest BCUT2D eigenvalue weighted by Gasteiger charge is -2.12. The van der Waals surface area contributed by atoms with Gasteiger partial charge in [0.25, 0.3) is 5.56 Å². The van der Waals surface area contributed by atoms with Crippen molar-refractivity contribution in [1.82, 2.24) is 19.1 Å². The molecule has 11 heteroatoms. The maximum Gasteiger partial charge on any atom is 0.332 e. The Morgan fingerprint density at radius 3 is 2.66 bits per heavy atom. The van der Waals surface area contributed by atoms with Crippen molar-refractivity contribution in [3.8, 4) is 22.9 Å². The smallest absolute Gasteiger partial charge is 0.332 e. The van der Waals surface area contributed by atoms with E-state index >= 15 is 0 Å². The van der Waals surface area contributed by atoms with Crippen LogP contribution in [-0.4, -0.2) is 37.6 Å². The summed E-state index contributed by atoms with van der Waals surface area (Å²) < 4.78 is 13.0. The average molecular weight is 492 g/mol. The minimum atomic E-state index is -0.516. The first-order chi connectivity index (χ1) is 16.8. The molecule has 0 unspecified atom stereocenters. The van der Waals surface area contributed by atoms with Crippen molar-refractivity contribution in [1.29, 1.82) is 0 Å². The van der Waals surface area contributed by atoms with Crippen LogP contribution >= 0.6 is 11.8 Å². The summed E-state index contributed by atoms with van der Waals surface area (Å²) in [6.07, 6.45) is 0. The molecule has 0 spiro atoms. The molecule has 0 aliphatic carbocycles. The molecule has 2 aromatic heterocycles. The molecule has 3 heterocycles. The van der Waals surface area contributed by atoms with E-state index in [0.717, 1.165) is 27.5 Å². The van der Waals surface area contributed by atoms with Gasteiger partial charge in [-0.25, -0.2) is 14.8 Å². The van der Waals surface area contributed by atoms with Crippen LogP contribution in [0.4, 0.5) is 5.69 Å². The molecule has 1 amide bonds. The number of carbonyl (C=O) groups is 1. The molecule has 0 bridgehead atoms. The molecule has 10 nitrogen and oxygen atoms in total. The number of hydrogen-bond acceptors (Lipinski definition) is 8. The summed E-state index contributed by atoms with van der Waals surface area (Å²) in [6.45, 7) is 2.09. The number of fused-ring (bicyclic) bond motifs is 2. The molecule has 4 aromatic rings. The molecule has 178 valence electrons. The molecule has 1 aliphatic rings. The van der Waals surface area contributed by atoms with Gasteiger partial charge >= 0.3 is 5.69 Å². The third-order valence-electron chi connectivity index (χ3n) is 5.54. The number of thioether (sulfide) groups is 1. The number of anilines is 1. The monoisotopic (exact) mass is 491 g/mol. The number of amides is 1. The van der Waals surface area contributed by atoms with Gasteiger partial charge in [0.1, 0.15) is 10.4 Å². The number of rotatable bonds is 5. The standard InChI is InChI=1S/C24H21N5O5S/c1-13-5-4-6-14(9-13)20-26-21-19(23(31)29(3)24(32)28(21)2)22(27-20)35-11-18(30)25-15-7-8-16-17(10-15)34-12-33-16/h4-10H,11-12H2,1-3H3,(H,25,30). The zero-order valence-electron chi connectivity index (χ0n) is 19.2.